The summed E-state index contributed by atoms with van der Waals surface area (Å²) < 4.78 is 16.9. The number of halogens is 1. The Morgan fingerprint density at radius 3 is 3.00 bits per heavy atom. The van der Waals surface area contributed by atoms with E-state index < -0.39 is 0 Å². The number of hydrogen-bond acceptors (Lipinski definition) is 5. The average Bonchev–Trinajstić information content (AvgIpc) is 2.70. The van der Waals surface area contributed by atoms with Crippen molar-refractivity contribution in [2.75, 3.05) is 20.3 Å². The molecule has 2 aromatic rings. The van der Waals surface area contributed by atoms with Crippen LogP contribution in [0.15, 0.2) is 36.4 Å². The number of nitriles is 1. The molecule has 6 heteroatoms. The van der Waals surface area contributed by atoms with Gasteiger partial charge in [-0.2, -0.15) is 5.26 Å². The number of hydrogen-bond donors (Lipinski definition) is 1. The summed E-state index contributed by atoms with van der Waals surface area (Å²) in [5.74, 6) is 2.17. The van der Waals surface area contributed by atoms with E-state index in [0.717, 1.165) is 23.3 Å². The molecule has 3 rings (SSSR count). The second-order valence-corrected chi connectivity index (χ2v) is 6.73. The summed E-state index contributed by atoms with van der Waals surface area (Å²) in [4.78, 5) is 0. The number of rotatable bonds is 8. The van der Waals surface area contributed by atoms with Crippen LogP contribution in [0.25, 0.3) is 0 Å². The van der Waals surface area contributed by atoms with Gasteiger partial charge in [0.25, 0.3) is 0 Å². The van der Waals surface area contributed by atoms with Crippen LogP contribution < -0.4 is 19.5 Å². The quantitative estimate of drug-likeness (QED) is 0.669. The first-order valence-corrected chi connectivity index (χ1v) is 9.42. The lowest BCUT2D eigenvalue weighted by Gasteiger charge is -2.27. The van der Waals surface area contributed by atoms with E-state index in [-0.39, 0.29) is 6.04 Å². The number of unbranched alkanes of at least 4 members (excludes halogenated alkanes) is 1. The maximum Gasteiger partial charge on any atom is 0.161 e. The van der Waals surface area contributed by atoms with Gasteiger partial charge in [0.2, 0.25) is 0 Å². The molecule has 0 saturated heterocycles. The first-order valence-electron chi connectivity index (χ1n) is 9.04. The molecule has 1 aliphatic rings. The van der Waals surface area contributed by atoms with Crippen molar-refractivity contribution in [1.82, 2.24) is 5.32 Å². The van der Waals surface area contributed by atoms with Crippen LogP contribution in [0.3, 0.4) is 0 Å². The van der Waals surface area contributed by atoms with E-state index in [1.165, 1.54) is 0 Å². The summed E-state index contributed by atoms with van der Waals surface area (Å²) >= 11 is 6.25. The monoisotopic (exact) mass is 386 g/mol. The highest BCUT2D eigenvalue weighted by Gasteiger charge is 2.22. The summed E-state index contributed by atoms with van der Waals surface area (Å²) in [5, 5.41) is 12.9. The highest BCUT2D eigenvalue weighted by atomic mass is 35.5. The van der Waals surface area contributed by atoms with Gasteiger partial charge in [0, 0.05) is 31.0 Å². The van der Waals surface area contributed by atoms with Crippen molar-refractivity contribution in [2.45, 2.75) is 31.8 Å². The Kier molecular flexibility index (Phi) is 6.80. The Bertz CT molecular complexity index is 820. The smallest absolute Gasteiger partial charge is 0.161 e. The summed E-state index contributed by atoms with van der Waals surface area (Å²) in [6.07, 6.45) is 2.07. The summed E-state index contributed by atoms with van der Waals surface area (Å²) in [6.45, 7) is 1.83. The van der Waals surface area contributed by atoms with Crippen molar-refractivity contribution in [3.8, 4) is 23.3 Å². The third-order valence-corrected chi connectivity index (χ3v) is 4.79. The fraction of sp³-hybridized carbons (Fsp3) is 0.381. The average molecular weight is 387 g/mol. The van der Waals surface area contributed by atoms with Crippen LogP contribution in [0.4, 0.5) is 0 Å². The lowest BCUT2D eigenvalue weighted by Crippen LogP contribution is -2.26. The maximum absolute atomic E-state index is 8.63. The van der Waals surface area contributed by atoms with Crippen molar-refractivity contribution < 1.29 is 14.2 Å². The Morgan fingerprint density at radius 2 is 2.19 bits per heavy atom. The zero-order valence-corrected chi connectivity index (χ0v) is 16.1. The Labute approximate surface area is 164 Å². The number of benzene rings is 2. The third kappa shape index (κ3) is 4.85. The van der Waals surface area contributed by atoms with Crippen LogP contribution in [0.1, 0.15) is 36.4 Å². The molecule has 0 radical (unpaired) electrons. The number of fused-ring (bicyclic) bond motifs is 1. The van der Waals surface area contributed by atoms with Gasteiger partial charge in [-0.25, -0.2) is 0 Å². The molecule has 5 nitrogen and oxygen atoms in total. The maximum atomic E-state index is 8.63. The lowest BCUT2D eigenvalue weighted by molar-refractivity contribution is 0.252. The fourth-order valence-corrected chi connectivity index (χ4v) is 3.35. The van der Waals surface area contributed by atoms with E-state index in [9.17, 15) is 0 Å². The Balaban J connectivity index is 1.66. The molecular formula is C21H23ClN2O3. The normalized spacial score (nSPS) is 15.4. The van der Waals surface area contributed by atoms with Gasteiger partial charge >= 0.3 is 0 Å². The van der Waals surface area contributed by atoms with Crippen LogP contribution in [0.5, 0.6) is 17.2 Å². The van der Waals surface area contributed by atoms with Gasteiger partial charge in [-0.1, -0.05) is 29.8 Å². The van der Waals surface area contributed by atoms with Gasteiger partial charge in [0.15, 0.2) is 11.5 Å². The Hall–Kier alpha value is -2.42. The second-order valence-electron chi connectivity index (χ2n) is 6.32. The highest BCUT2D eigenvalue weighted by molar-refractivity contribution is 6.32. The molecule has 0 amide bonds. The number of para-hydroxylation sites is 1. The number of methoxy groups -OCH3 is 1. The van der Waals surface area contributed by atoms with Crippen molar-refractivity contribution in [3.63, 3.8) is 0 Å². The summed E-state index contributed by atoms with van der Waals surface area (Å²) in [6, 6.07) is 14.1. The van der Waals surface area contributed by atoms with Crippen molar-refractivity contribution in [2.24, 2.45) is 0 Å². The topological polar surface area (TPSA) is 63.5 Å². The molecule has 0 fully saturated rings. The minimum Gasteiger partial charge on any atom is -0.493 e. The molecule has 0 aromatic heterocycles. The first kappa shape index (κ1) is 19.3. The molecule has 0 saturated carbocycles. The van der Waals surface area contributed by atoms with Crippen LogP contribution in [-0.4, -0.2) is 20.3 Å². The minimum absolute atomic E-state index is 0.189. The summed E-state index contributed by atoms with van der Waals surface area (Å²) in [7, 11) is 1.62. The van der Waals surface area contributed by atoms with Crippen LogP contribution >= 0.6 is 11.6 Å². The standard InChI is InChI=1S/C21H23ClN2O3/c1-25-19-8-7-15(13-20(19)26-11-3-2-10-23)14-24-18-9-12-27-21-16(18)5-4-6-17(21)22/h4-8,13,18,24H,2-3,9,11-12,14H2,1H3. The van der Waals surface area contributed by atoms with Crippen LogP contribution in [0.2, 0.25) is 5.02 Å². The minimum atomic E-state index is 0.189. The van der Waals surface area contributed by atoms with Gasteiger partial charge in [-0.15, -0.1) is 0 Å². The predicted molar refractivity (Wildman–Crippen MR) is 104 cm³/mol. The van der Waals surface area contributed by atoms with E-state index in [1.54, 1.807) is 7.11 Å². The molecule has 1 heterocycles. The second kappa shape index (κ2) is 9.50. The predicted octanol–water partition coefficient (Wildman–Crippen LogP) is 4.64. The zero-order valence-electron chi connectivity index (χ0n) is 15.3. The molecule has 0 bridgehead atoms. The number of ether oxygens (including phenoxy) is 3. The van der Waals surface area contributed by atoms with Gasteiger partial charge in [0.1, 0.15) is 5.75 Å². The van der Waals surface area contributed by atoms with E-state index in [2.05, 4.69) is 17.5 Å². The van der Waals surface area contributed by atoms with Crippen LogP contribution in [0, 0.1) is 11.3 Å². The van der Waals surface area contributed by atoms with E-state index in [4.69, 9.17) is 31.1 Å². The van der Waals surface area contributed by atoms with Gasteiger partial charge in [0.05, 0.1) is 31.4 Å². The fourth-order valence-electron chi connectivity index (χ4n) is 3.12. The third-order valence-electron chi connectivity index (χ3n) is 4.50. The number of nitrogens with zero attached hydrogens (tertiary/aromatic N) is 1. The molecule has 142 valence electrons. The van der Waals surface area contributed by atoms with Crippen LogP contribution in [-0.2, 0) is 6.54 Å². The van der Waals surface area contributed by atoms with E-state index >= 15 is 0 Å². The molecular weight excluding hydrogens is 364 g/mol. The van der Waals surface area contributed by atoms with E-state index in [0.29, 0.717) is 49.1 Å². The molecule has 1 aliphatic heterocycles. The zero-order chi connectivity index (χ0) is 19.1. The lowest BCUT2D eigenvalue weighted by atomic mass is 10.00. The molecule has 0 aliphatic carbocycles. The molecule has 1 atom stereocenters. The molecule has 0 spiro atoms. The van der Waals surface area contributed by atoms with Crippen molar-refractivity contribution in [3.05, 3.63) is 52.5 Å². The summed E-state index contributed by atoms with van der Waals surface area (Å²) in [5.41, 5.74) is 2.19. The largest absolute Gasteiger partial charge is 0.493 e. The Morgan fingerprint density at radius 1 is 1.30 bits per heavy atom. The molecule has 1 unspecified atom stereocenters. The molecule has 2 aromatic carbocycles. The molecule has 1 N–H and O–H groups in total. The first-order chi connectivity index (χ1) is 13.2. The van der Waals surface area contributed by atoms with Crippen molar-refractivity contribution in [1.29, 1.82) is 5.26 Å². The van der Waals surface area contributed by atoms with Crippen molar-refractivity contribution >= 4 is 11.6 Å². The molecule has 27 heavy (non-hydrogen) atoms. The number of nitrogens with one attached hydrogen (secondary N) is 1. The van der Waals surface area contributed by atoms with Gasteiger partial charge < -0.3 is 19.5 Å². The SMILES string of the molecule is COc1ccc(CNC2CCOc3c(Cl)cccc32)cc1OCCCC#N. The van der Waals surface area contributed by atoms with Gasteiger partial charge in [-0.3, -0.25) is 0 Å². The van der Waals surface area contributed by atoms with Gasteiger partial charge in [-0.05, 0) is 30.2 Å². The van der Waals surface area contributed by atoms with E-state index in [1.807, 2.05) is 30.3 Å². The highest BCUT2D eigenvalue weighted by Crippen LogP contribution is 2.37.